The van der Waals surface area contributed by atoms with Gasteiger partial charge in [0, 0.05) is 11.0 Å². The number of carbonyl (C=O) groups is 1. The third-order valence-electron chi connectivity index (χ3n) is 2.31. The summed E-state index contributed by atoms with van der Waals surface area (Å²) in [5, 5.41) is 7.16. The van der Waals surface area contributed by atoms with Crippen LogP contribution in [0.2, 0.25) is 0 Å². The van der Waals surface area contributed by atoms with Crippen molar-refractivity contribution in [2.24, 2.45) is 11.1 Å². The van der Waals surface area contributed by atoms with Gasteiger partial charge in [-0.1, -0.05) is 13.8 Å². The Hall–Kier alpha value is -1.06. The van der Waals surface area contributed by atoms with Crippen LogP contribution in [0.3, 0.4) is 0 Å². The molecule has 9 heteroatoms. The molecule has 0 radical (unpaired) electrons. The molecule has 0 aliphatic carbocycles. The van der Waals surface area contributed by atoms with Crippen molar-refractivity contribution in [2.45, 2.75) is 18.7 Å². The first-order chi connectivity index (χ1) is 9.05. The highest BCUT2D eigenvalue weighted by Gasteiger charge is 2.28. The summed E-state index contributed by atoms with van der Waals surface area (Å²) < 4.78 is 49.9. The van der Waals surface area contributed by atoms with E-state index in [4.69, 9.17) is 5.14 Å². The number of hydrogen-bond donors (Lipinski definition) is 2. The Morgan fingerprint density at radius 1 is 1.45 bits per heavy atom. The Kier molecular flexibility index (Phi) is 5.22. The van der Waals surface area contributed by atoms with Gasteiger partial charge < -0.3 is 5.32 Å². The van der Waals surface area contributed by atoms with Gasteiger partial charge in [-0.3, -0.25) is 4.79 Å². The number of halogens is 3. The molecule has 0 aromatic heterocycles. The van der Waals surface area contributed by atoms with Gasteiger partial charge in [-0.25, -0.2) is 22.3 Å². The number of nitrogens with two attached hydrogens (primary N) is 1. The molecule has 1 aromatic rings. The van der Waals surface area contributed by atoms with Crippen LogP contribution >= 0.6 is 15.9 Å². The van der Waals surface area contributed by atoms with Gasteiger partial charge in [0.15, 0.2) is 5.82 Å². The molecule has 0 saturated heterocycles. The smallest absolute Gasteiger partial charge is 0.257 e. The van der Waals surface area contributed by atoms with E-state index in [1.54, 1.807) is 13.8 Å². The normalized spacial score (nSPS) is 11.8. The Labute approximate surface area is 123 Å². The molecule has 0 spiro atoms. The highest BCUT2D eigenvalue weighted by Crippen LogP contribution is 2.28. The van der Waals surface area contributed by atoms with Crippen LogP contribution in [0.25, 0.3) is 0 Å². The molecule has 0 aliphatic rings. The van der Waals surface area contributed by atoms with Gasteiger partial charge >= 0.3 is 0 Å². The first kappa shape index (κ1) is 17.0. The molecule has 0 saturated carbocycles. The Morgan fingerprint density at radius 2 is 2.00 bits per heavy atom. The zero-order valence-electron chi connectivity index (χ0n) is 10.7. The SMILES string of the molecule is CC(C)CNC(=O)c1c(F)cc(Br)c(S(N)(=O)=O)c1F. The van der Waals surface area contributed by atoms with Crippen LogP contribution in [0.4, 0.5) is 8.78 Å². The van der Waals surface area contributed by atoms with Crippen LogP contribution < -0.4 is 10.5 Å². The van der Waals surface area contributed by atoms with Gasteiger partial charge in [0.25, 0.3) is 5.91 Å². The van der Waals surface area contributed by atoms with E-state index in [2.05, 4.69) is 21.2 Å². The summed E-state index contributed by atoms with van der Waals surface area (Å²) >= 11 is 2.71. The summed E-state index contributed by atoms with van der Waals surface area (Å²) in [6.45, 7) is 3.78. The molecular weight excluding hydrogens is 358 g/mol. The van der Waals surface area contributed by atoms with Crippen molar-refractivity contribution >= 4 is 31.9 Å². The molecule has 1 amide bonds. The lowest BCUT2D eigenvalue weighted by Gasteiger charge is -2.12. The van der Waals surface area contributed by atoms with Crippen molar-refractivity contribution in [3.05, 3.63) is 27.7 Å². The third-order valence-corrected chi connectivity index (χ3v) is 4.17. The number of hydrogen-bond acceptors (Lipinski definition) is 3. The fourth-order valence-corrected chi connectivity index (χ4v) is 3.16. The van der Waals surface area contributed by atoms with E-state index in [0.717, 1.165) is 0 Å². The van der Waals surface area contributed by atoms with Gasteiger partial charge in [-0.05, 0) is 27.9 Å². The van der Waals surface area contributed by atoms with Gasteiger partial charge in [-0.2, -0.15) is 0 Å². The predicted octanol–water partition coefficient (Wildman–Crippen LogP) is 1.76. The van der Waals surface area contributed by atoms with Gasteiger partial charge in [0.05, 0.1) is 0 Å². The molecule has 0 bridgehead atoms. The summed E-state index contributed by atoms with van der Waals surface area (Å²) in [4.78, 5) is 10.8. The molecule has 0 atom stereocenters. The minimum Gasteiger partial charge on any atom is -0.352 e. The van der Waals surface area contributed by atoms with Crippen molar-refractivity contribution in [1.29, 1.82) is 0 Å². The molecule has 1 aromatic carbocycles. The van der Waals surface area contributed by atoms with E-state index in [9.17, 15) is 22.0 Å². The number of amides is 1. The van der Waals surface area contributed by atoms with Crippen LogP contribution in [-0.4, -0.2) is 20.9 Å². The summed E-state index contributed by atoms with van der Waals surface area (Å²) in [6.07, 6.45) is 0. The zero-order valence-corrected chi connectivity index (χ0v) is 13.1. The Bertz CT molecular complexity index is 648. The van der Waals surface area contributed by atoms with Crippen molar-refractivity contribution in [1.82, 2.24) is 5.32 Å². The Morgan fingerprint density at radius 3 is 2.45 bits per heavy atom. The van der Waals surface area contributed by atoms with Crippen molar-refractivity contribution < 1.29 is 22.0 Å². The number of carbonyl (C=O) groups excluding carboxylic acids is 1. The first-order valence-corrected chi connectivity index (χ1v) is 7.88. The molecule has 5 nitrogen and oxygen atoms in total. The molecule has 1 rings (SSSR count). The second-order valence-electron chi connectivity index (χ2n) is 4.51. The lowest BCUT2D eigenvalue weighted by atomic mass is 10.1. The van der Waals surface area contributed by atoms with Crippen molar-refractivity contribution in [2.75, 3.05) is 6.54 Å². The Balaban J connectivity index is 3.38. The molecular formula is C11H13BrF2N2O3S. The molecule has 0 fully saturated rings. The zero-order chi connectivity index (χ0) is 15.7. The highest BCUT2D eigenvalue weighted by molar-refractivity contribution is 9.10. The van der Waals surface area contributed by atoms with Crippen LogP contribution in [-0.2, 0) is 10.0 Å². The third kappa shape index (κ3) is 3.74. The minimum absolute atomic E-state index is 0.0678. The average Bonchev–Trinajstić information content (AvgIpc) is 2.23. The lowest BCUT2D eigenvalue weighted by Crippen LogP contribution is -2.30. The quantitative estimate of drug-likeness (QED) is 0.845. The highest BCUT2D eigenvalue weighted by atomic mass is 79.9. The van der Waals surface area contributed by atoms with E-state index in [0.29, 0.717) is 6.07 Å². The number of sulfonamides is 1. The van der Waals surface area contributed by atoms with E-state index in [1.165, 1.54) is 0 Å². The summed E-state index contributed by atoms with van der Waals surface area (Å²) in [6, 6.07) is 0.688. The van der Waals surface area contributed by atoms with Crippen LogP contribution in [0.5, 0.6) is 0 Å². The molecule has 0 aliphatic heterocycles. The molecule has 0 unspecified atom stereocenters. The van der Waals surface area contributed by atoms with Crippen LogP contribution in [0, 0.1) is 17.6 Å². The van der Waals surface area contributed by atoms with E-state index in [-0.39, 0.29) is 16.9 Å². The monoisotopic (exact) mass is 370 g/mol. The fraction of sp³-hybridized carbons (Fsp3) is 0.364. The maximum absolute atomic E-state index is 14.1. The summed E-state index contributed by atoms with van der Waals surface area (Å²) in [5.41, 5.74) is -0.974. The molecule has 112 valence electrons. The fourth-order valence-electron chi connectivity index (χ4n) is 1.43. The minimum atomic E-state index is -4.44. The predicted molar refractivity (Wildman–Crippen MR) is 72.6 cm³/mol. The van der Waals surface area contributed by atoms with Crippen LogP contribution in [0.15, 0.2) is 15.4 Å². The number of rotatable bonds is 4. The topological polar surface area (TPSA) is 89.3 Å². The summed E-state index contributed by atoms with van der Waals surface area (Å²) in [5.74, 6) is -3.66. The molecule has 0 heterocycles. The standard InChI is InChI=1S/C11H13BrF2N2O3S/c1-5(2)4-16-11(17)8-7(13)3-6(12)10(9(8)14)20(15,18)19/h3,5H,4H2,1-2H3,(H,16,17)(H2,15,18,19). The van der Waals surface area contributed by atoms with E-state index >= 15 is 0 Å². The lowest BCUT2D eigenvalue weighted by molar-refractivity contribution is 0.0940. The molecule has 20 heavy (non-hydrogen) atoms. The maximum Gasteiger partial charge on any atom is 0.257 e. The maximum atomic E-state index is 14.1. The van der Waals surface area contributed by atoms with Gasteiger partial charge in [0.2, 0.25) is 10.0 Å². The van der Waals surface area contributed by atoms with E-state index in [1.807, 2.05) is 0 Å². The van der Waals surface area contributed by atoms with Crippen molar-refractivity contribution in [3.8, 4) is 0 Å². The second-order valence-corrected chi connectivity index (χ2v) is 6.86. The van der Waals surface area contributed by atoms with Gasteiger partial charge in [-0.15, -0.1) is 0 Å². The number of nitrogens with one attached hydrogen (secondary N) is 1. The average molecular weight is 371 g/mol. The number of primary sulfonamides is 1. The number of benzene rings is 1. The van der Waals surface area contributed by atoms with Gasteiger partial charge in [0.1, 0.15) is 16.3 Å². The second kappa shape index (κ2) is 6.15. The van der Waals surface area contributed by atoms with E-state index < -0.39 is 38.0 Å². The largest absolute Gasteiger partial charge is 0.352 e. The first-order valence-electron chi connectivity index (χ1n) is 5.54. The van der Waals surface area contributed by atoms with Crippen molar-refractivity contribution in [3.63, 3.8) is 0 Å². The van der Waals surface area contributed by atoms with Crippen LogP contribution in [0.1, 0.15) is 24.2 Å². The molecule has 3 N–H and O–H groups in total. The summed E-state index contributed by atoms with van der Waals surface area (Å²) in [7, 11) is -4.44.